The lowest BCUT2D eigenvalue weighted by Gasteiger charge is -2.09. The van der Waals surface area contributed by atoms with Gasteiger partial charge in [-0.1, -0.05) is 29.8 Å². The summed E-state index contributed by atoms with van der Waals surface area (Å²) in [6.07, 6.45) is 2.48. The second-order valence-electron chi connectivity index (χ2n) is 6.89. The molecule has 0 saturated heterocycles. The average molecular weight is 393 g/mol. The van der Waals surface area contributed by atoms with E-state index in [0.717, 1.165) is 17.2 Å². The van der Waals surface area contributed by atoms with Crippen molar-refractivity contribution >= 4 is 28.4 Å². The maximum atomic E-state index is 11.9. The number of fused-ring (bicyclic) bond motifs is 1. The van der Waals surface area contributed by atoms with Gasteiger partial charge in [-0.3, -0.25) is 4.79 Å². The van der Waals surface area contributed by atoms with Crippen LogP contribution in [0, 0.1) is 13.8 Å². The summed E-state index contributed by atoms with van der Waals surface area (Å²) in [5.74, 6) is -2.44. The number of ether oxygens (including phenoxy) is 1. The molecule has 0 bridgehead atoms. The fourth-order valence-electron chi connectivity index (χ4n) is 3.33. The Balaban J connectivity index is 2.07. The molecular formula is C23H23NO5. The molecule has 1 aromatic heterocycles. The van der Waals surface area contributed by atoms with Gasteiger partial charge < -0.3 is 19.5 Å². The number of phenolic OH excluding ortho intramolecular Hbond substituents is 1. The number of aliphatic hydroxyl groups is 1. The van der Waals surface area contributed by atoms with E-state index in [0.29, 0.717) is 17.4 Å². The fourth-order valence-corrected chi connectivity index (χ4v) is 3.33. The molecular weight excluding hydrogens is 370 g/mol. The largest absolute Gasteiger partial charge is 0.507 e. The topological polar surface area (TPSA) is 88.8 Å². The summed E-state index contributed by atoms with van der Waals surface area (Å²) in [6, 6.07) is 11.2. The number of aryl methyl sites for hydroxylation is 2. The zero-order valence-electron chi connectivity index (χ0n) is 16.6. The molecule has 29 heavy (non-hydrogen) atoms. The Morgan fingerprint density at radius 2 is 1.93 bits per heavy atom. The van der Waals surface area contributed by atoms with E-state index in [1.165, 1.54) is 11.6 Å². The number of carbonyl (C=O) groups is 2. The van der Waals surface area contributed by atoms with Gasteiger partial charge in [0.05, 0.1) is 17.5 Å². The first kappa shape index (κ1) is 20.2. The quantitative estimate of drug-likeness (QED) is 0.286. The van der Waals surface area contributed by atoms with Gasteiger partial charge in [-0.15, -0.1) is 0 Å². The number of benzene rings is 2. The number of aromatic hydroxyl groups is 1. The molecule has 0 aliphatic carbocycles. The van der Waals surface area contributed by atoms with Crippen molar-refractivity contribution in [2.45, 2.75) is 27.3 Å². The predicted octanol–water partition coefficient (Wildman–Crippen LogP) is 4.04. The maximum absolute atomic E-state index is 11.9. The van der Waals surface area contributed by atoms with Crippen LogP contribution in [0.4, 0.5) is 0 Å². The number of nitrogens with zero attached hydrogens (tertiary/aromatic N) is 1. The molecule has 2 N–H and O–H groups in total. The van der Waals surface area contributed by atoms with Gasteiger partial charge in [0, 0.05) is 24.4 Å². The summed E-state index contributed by atoms with van der Waals surface area (Å²) in [5, 5.41) is 21.3. The molecule has 0 spiro atoms. The van der Waals surface area contributed by atoms with Crippen molar-refractivity contribution in [2.24, 2.45) is 0 Å². The summed E-state index contributed by atoms with van der Waals surface area (Å²) in [7, 11) is 0. The zero-order valence-corrected chi connectivity index (χ0v) is 16.6. The molecule has 0 unspecified atom stereocenters. The minimum atomic E-state index is -1.04. The summed E-state index contributed by atoms with van der Waals surface area (Å²) >= 11 is 0. The van der Waals surface area contributed by atoms with Gasteiger partial charge in [-0.05, 0) is 44.0 Å². The number of rotatable bonds is 6. The molecule has 0 amide bonds. The van der Waals surface area contributed by atoms with E-state index in [9.17, 15) is 19.8 Å². The van der Waals surface area contributed by atoms with Crippen LogP contribution in [0.5, 0.6) is 5.75 Å². The van der Waals surface area contributed by atoms with E-state index in [2.05, 4.69) is 10.8 Å². The van der Waals surface area contributed by atoms with Gasteiger partial charge in [0.2, 0.25) is 0 Å². The third-order valence-electron chi connectivity index (χ3n) is 4.74. The average Bonchev–Trinajstić information content (AvgIpc) is 3.04. The van der Waals surface area contributed by atoms with Crippen LogP contribution < -0.4 is 0 Å². The standard InChI is InChI=1S/C23H23NO5/c1-4-29-23(28)21(27)11-20(26)17-13-24(18-6-5-7-19(25)22(17)18)12-16-9-8-14(2)10-15(16)3/h5-11,13,25-26H,4,12H2,1-3H3/b20-11-. The van der Waals surface area contributed by atoms with E-state index >= 15 is 0 Å². The second-order valence-corrected chi connectivity index (χ2v) is 6.89. The minimum Gasteiger partial charge on any atom is -0.507 e. The van der Waals surface area contributed by atoms with Crippen LogP contribution in [-0.4, -0.2) is 33.1 Å². The number of hydrogen-bond donors (Lipinski definition) is 2. The molecule has 6 nitrogen and oxygen atoms in total. The molecule has 1 heterocycles. The molecule has 2 aromatic carbocycles. The molecule has 0 aliphatic heterocycles. The number of carbonyl (C=O) groups excluding carboxylic acids is 2. The SMILES string of the molecule is CCOC(=O)C(=O)/C=C(\O)c1cn(Cc2ccc(C)cc2C)c2cccc(O)c12. The minimum absolute atomic E-state index is 0.0274. The summed E-state index contributed by atoms with van der Waals surface area (Å²) < 4.78 is 6.55. The molecule has 0 saturated carbocycles. The maximum Gasteiger partial charge on any atom is 0.379 e. The van der Waals surface area contributed by atoms with Crippen molar-refractivity contribution in [3.8, 4) is 5.75 Å². The summed E-state index contributed by atoms with van der Waals surface area (Å²) in [4.78, 5) is 23.5. The molecule has 0 aliphatic rings. The second kappa shape index (κ2) is 8.22. The van der Waals surface area contributed by atoms with Gasteiger partial charge in [0.15, 0.2) is 0 Å². The zero-order chi connectivity index (χ0) is 21.1. The van der Waals surface area contributed by atoms with Gasteiger partial charge in [0.1, 0.15) is 11.5 Å². The van der Waals surface area contributed by atoms with Gasteiger partial charge in [0.25, 0.3) is 5.78 Å². The van der Waals surface area contributed by atoms with Gasteiger partial charge >= 0.3 is 5.97 Å². The van der Waals surface area contributed by atoms with Crippen molar-refractivity contribution in [1.82, 2.24) is 4.57 Å². The van der Waals surface area contributed by atoms with Crippen LogP contribution in [0.15, 0.2) is 48.7 Å². The first-order chi connectivity index (χ1) is 13.8. The summed E-state index contributed by atoms with van der Waals surface area (Å²) in [6.45, 7) is 6.23. The Kier molecular flexibility index (Phi) is 5.73. The number of esters is 1. The fraction of sp³-hybridized carbons (Fsp3) is 0.217. The molecule has 150 valence electrons. The first-order valence-corrected chi connectivity index (χ1v) is 9.31. The van der Waals surface area contributed by atoms with Crippen LogP contribution >= 0.6 is 0 Å². The van der Waals surface area contributed by atoms with Crippen molar-refractivity contribution in [3.63, 3.8) is 0 Å². The molecule has 0 fully saturated rings. The molecule has 3 rings (SSSR count). The Labute approximate surface area is 168 Å². The Hall–Kier alpha value is -3.54. The van der Waals surface area contributed by atoms with Crippen LogP contribution in [0.1, 0.15) is 29.2 Å². The molecule has 3 aromatic rings. The highest BCUT2D eigenvalue weighted by molar-refractivity contribution is 6.39. The predicted molar refractivity (Wildman–Crippen MR) is 111 cm³/mol. The smallest absolute Gasteiger partial charge is 0.379 e. The first-order valence-electron chi connectivity index (χ1n) is 9.31. The van der Waals surface area contributed by atoms with E-state index in [1.54, 1.807) is 19.2 Å². The highest BCUT2D eigenvalue weighted by Gasteiger charge is 2.19. The van der Waals surface area contributed by atoms with Crippen molar-refractivity contribution < 1.29 is 24.5 Å². The Morgan fingerprint density at radius 3 is 2.62 bits per heavy atom. The molecule has 0 radical (unpaired) electrons. The normalized spacial score (nSPS) is 11.6. The lowest BCUT2D eigenvalue weighted by molar-refractivity contribution is -0.151. The van der Waals surface area contributed by atoms with E-state index in [-0.39, 0.29) is 17.9 Å². The number of aliphatic hydroxyl groups excluding tert-OH is 1. The van der Waals surface area contributed by atoms with Gasteiger partial charge in [-0.2, -0.15) is 0 Å². The third kappa shape index (κ3) is 4.16. The lowest BCUT2D eigenvalue weighted by Crippen LogP contribution is -2.15. The van der Waals surface area contributed by atoms with Crippen molar-refractivity contribution in [3.05, 3.63) is 70.9 Å². The van der Waals surface area contributed by atoms with Crippen LogP contribution in [-0.2, 0) is 20.9 Å². The third-order valence-corrected chi connectivity index (χ3v) is 4.74. The highest BCUT2D eigenvalue weighted by Crippen LogP contribution is 2.33. The lowest BCUT2D eigenvalue weighted by atomic mass is 10.1. The number of phenols is 1. The van der Waals surface area contributed by atoms with Crippen LogP contribution in [0.2, 0.25) is 0 Å². The van der Waals surface area contributed by atoms with Crippen LogP contribution in [0.3, 0.4) is 0 Å². The molecule has 0 atom stereocenters. The van der Waals surface area contributed by atoms with E-state index in [4.69, 9.17) is 0 Å². The monoisotopic (exact) mass is 393 g/mol. The number of ketones is 1. The summed E-state index contributed by atoms with van der Waals surface area (Å²) in [5.41, 5.74) is 4.35. The Bertz CT molecular complexity index is 1120. The van der Waals surface area contributed by atoms with E-state index < -0.39 is 17.5 Å². The van der Waals surface area contributed by atoms with Crippen molar-refractivity contribution in [1.29, 1.82) is 0 Å². The molecule has 6 heteroatoms. The van der Waals surface area contributed by atoms with E-state index in [1.807, 2.05) is 36.6 Å². The van der Waals surface area contributed by atoms with Crippen LogP contribution in [0.25, 0.3) is 16.7 Å². The highest BCUT2D eigenvalue weighted by atomic mass is 16.5. The Morgan fingerprint density at radius 1 is 1.17 bits per heavy atom. The number of aromatic nitrogens is 1. The van der Waals surface area contributed by atoms with Gasteiger partial charge in [-0.25, -0.2) is 4.79 Å². The number of hydrogen-bond acceptors (Lipinski definition) is 5. The van der Waals surface area contributed by atoms with Crippen molar-refractivity contribution in [2.75, 3.05) is 6.61 Å².